The molecule has 0 amide bonds. The average molecular weight is 254 g/mol. The highest BCUT2D eigenvalue weighted by molar-refractivity contribution is 6.31. The molecular weight excluding hydrogens is 247 g/mol. The Morgan fingerprint density at radius 1 is 1.38 bits per heavy atom. The summed E-state index contributed by atoms with van der Waals surface area (Å²) in [6.07, 6.45) is -4.44. The minimum Gasteiger partial charge on any atom is -0.265 e. The van der Waals surface area contributed by atoms with Crippen molar-refractivity contribution in [1.82, 2.24) is 0 Å². The molecule has 7 heteroatoms. The number of hydrogen-bond acceptors (Lipinski definition) is 2. The molecule has 0 aromatic heterocycles. The van der Waals surface area contributed by atoms with Crippen molar-refractivity contribution in [2.45, 2.75) is 12.6 Å². The Morgan fingerprint density at radius 3 is 2.44 bits per heavy atom. The van der Waals surface area contributed by atoms with Gasteiger partial charge >= 0.3 is 6.18 Å². The maximum Gasteiger partial charge on any atom is 0.417 e. The van der Waals surface area contributed by atoms with Gasteiger partial charge in [-0.05, 0) is 17.7 Å². The molecule has 0 aliphatic heterocycles. The Bertz CT molecular complexity index is 406. The van der Waals surface area contributed by atoms with Crippen molar-refractivity contribution in [3.05, 3.63) is 44.5 Å². The van der Waals surface area contributed by atoms with Gasteiger partial charge in [0.1, 0.15) is 0 Å². The largest absolute Gasteiger partial charge is 0.417 e. The highest BCUT2D eigenvalue weighted by Crippen LogP contribution is 2.34. The van der Waals surface area contributed by atoms with E-state index in [9.17, 15) is 23.3 Å². The van der Waals surface area contributed by atoms with Crippen LogP contribution in [0.5, 0.6) is 0 Å². The van der Waals surface area contributed by atoms with Crippen LogP contribution >= 0.6 is 11.6 Å². The van der Waals surface area contributed by atoms with Crippen molar-refractivity contribution < 1.29 is 18.1 Å². The lowest BCUT2D eigenvalue weighted by Crippen LogP contribution is -2.07. The first-order valence-electron chi connectivity index (χ1n) is 4.28. The standard InChI is InChI=1S/C9H7ClF3NO2/c10-8-5-6(3-4-14(15)16)1-2-7(8)9(11,12)13/h1-2,5H,3-4H2. The van der Waals surface area contributed by atoms with E-state index in [4.69, 9.17) is 11.6 Å². The lowest BCUT2D eigenvalue weighted by molar-refractivity contribution is -0.479. The van der Waals surface area contributed by atoms with E-state index in [2.05, 4.69) is 0 Å². The average Bonchev–Trinajstić information content (AvgIpc) is 2.12. The molecule has 0 atom stereocenters. The summed E-state index contributed by atoms with van der Waals surface area (Å²) >= 11 is 5.44. The van der Waals surface area contributed by atoms with Crippen molar-refractivity contribution in [3.63, 3.8) is 0 Å². The second kappa shape index (κ2) is 4.69. The van der Waals surface area contributed by atoms with Crippen molar-refractivity contribution in [3.8, 4) is 0 Å². The van der Waals surface area contributed by atoms with E-state index in [1.54, 1.807) is 0 Å². The van der Waals surface area contributed by atoms with Crippen LogP contribution in [0, 0.1) is 10.1 Å². The highest BCUT2D eigenvalue weighted by Gasteiger charge is 2.32. The minimum absolute atomic E-state index is 0.0604. The third-order valence-corrected chi connectivity index (χ3v) is 2.23. The molecule has 0 bridgehead atoms. The maximum atomic E-state index is 12.3. The van der Waals surface area contributed by atoms with E-state index < -0.39 is 21.7 Å². The van der Waals surface area contributed by atoms with Gasteiger partial charge < -0.3 is 0 Å². The van der Waals surface area contributed by atoms with E-state index in [0.29, 0.717) is 5.56 Å². The third kappa shape index (κ3) is 3.37. The fourth-order valence-corrected chi connectivity index (χ4v) is 1.47. The molecule has 0 heterocycles. The smallest absolute Gasteiger partial charge is 0.265 e. The summed E-state index contributed by atoms with van der Waals surface area (Å²) in [4.78, 5) is 9.54. The minimum atomic E-state index is -4.50. The SMILES string of the molecule is O=[N+]([O-])CCc1ccc(C(F)(F)F)c(Cl)c1. The molecule has 0 unspecified atom stereocenters. The van der Waals surface area contributed by atoms with Crippen molar-refractivity contribution >= 4 is 11.6 Å². The van der Waals surface area contributed by atoms with Gasteiger partial charge in [0.25, 0.3) is 0 Å². The predicted octanol–water partition coefficient (Wildman–Crippen LogP) is 3.18. The Labute approximate surface area is 94.0 Å². The van der Waals surface area contributed by atoms with Gasteiger partial charge in [-0.15, -0.1) is 0 Å². The molecule has 3 nitrogen and oxygen atoms in total. The molecule has 0 radical (unpaired) electrons. The molecular formula is C9H7ClF3NO2. The molecule has 0 spiro atoms. The molecule has 0 saturated carbocycles. The van der Waals surface area contributed by atoms with Crippen LogP contribution in [0.15, 0.2) is 18.2 Å². The summed E-state index contributed by atoms with van der Waals surface area (Å²) in [5, 5.41) is 9.64. The predicted molar refractivity (Wildman–Crippen MR) is 52.0 cm³/mol. The van der Waals surface area contributed by atoms with Crippen LogP contribution < -0.4 is 0 Å². The lowest BCUT2D eigenvalue weighted by atomic mass is 10.1. The Morgan fingerprint density at radius 2 is 2.00 bits per heavy atom. The first kappa shape index (κ1) is 12.8. The molecule has 1 aromatic rings. The van der Waals surface area contributed by atoms with E-state index in [-0.39, 0.29) is 13.0 Å². The van der Waals surface area contributed by atoms with Crippen LogP contribution in [0.2, 0.25) is 5.02 Å². The van der Waals surface area contributed by atoms with Gasteiger partial charge in [-0.1, -0.05) is 17.7 Å². The van der Waals surface area contributed by atoms with Crippen molar-refractivity contribution in [2.24, 2.45) is 0 Å². The zero-order chi connectivity index (χ0) is 12.3. The van der Waals surface area contributed by atoms with Gasteiger partial charge in [-0.25, -0.2) is 0 Å². The van der Waals surface area contributed by atoms with Crippen LogP contribution in [0.4, 0.5) is 13.2 Å². The number of nitrogens with zero attached hydrogens (tertiary/aromatic N) is 1. The van der Waals surface area contributed by atoms with Crippen LogP contribution in [0.1, 0.15) is 11.1 Å². The summed E-state index contributed by atoms with van der Waals surface area (Å²) in [5.74, 6) is 0. The Hall–Kier alpha value is -1.30. The molecule has 0 aliphatic rings. The van der Waals surface area contributed by atoms with Gasteiger partial charge in [0.05, 0.1) is 10.6 Å². The molecule has 0 aliphatic carbocycles. The zero-order valence-corrected chi connectivity index (χ0v) is 8.68. The highest BCUT2D eigenvalue weighted by atomic mass is 35.5. The van der Waals surface area contributed by atoms with Gasteiger partial charge in [0.15, 0.2) is 0 Å². The molecule has 16 heavy (non-hydrogen) atoms. The first-order chi connectivity index (χ1) is 7.30. The summed E-state index contributed by atoms with van der Waals surface area (Å²) in [6.45, 7) is -0.332. The van der Waals surface area contributed by atoms with Gasteiger partial charge in [-0.2, -0.15) is 13.2 Å². The van der Waals surface area contributed by atoms with Crippen LogP contribution in [0.3, 0.4) is 0 Å². The van der Waals surface area contributed by atoms with Crippen molar-refractivity contribution in [2.75, 3.05) is 6.54 Å². The third-order valence-electron chi connectivity index (χ3n) is 1.92. The first-order valence-corrected chi connectivity index (χ1v) is 4.66. The molecule has 0 saturated heterocycles. The molecule has 0 N–H and O–H groups in total. The topological polar surface area (TPSA) is 43.1 Å². The maximum absolute atomic E-state index is 12.3. The number of hydrogen-bond donors (Lipinski definition) is 0. The van der Waals surface area contributed by atoms with Gasteiger partial charge in [0, 0.05) is 11.3 Å². The van der Waals surface area contributed by atoms with Crippen molar-refractivity contribution in [1.29, 1.82) is 0 Å². The number of benzene rings is 1. The van der Waals surface area contributed by atoms with E-state index in [0.717, 1.165) is 12.1 Å². The van der Waals surface area contributed by atoms with E-state index in [1.807, 2.05) is 0 Å². The summed E-state index contributed by atoms with van der Waals surface area (Å²) < 4.78 is 36.9. The zero-order valence-electron chi connectivity index (χ0n) is 7.92. The monoisotopic (exact) mass is 253 g/mol. The van der Waals surface area contributed by atoms with Gasteiger partial charge in [-0.3, -0.25) is 10.1 Å². The fourth-order valence-electron chi connectivity index (χ4n) is 1.16. The second-order valence-corrected chi connectivity index (χ2v) is 3.53. The van der Waals surface area contributed by atoms with Crippen LogP contribution in [-0.4, -0.2) is 11.5 Å². The summed E-state index contributed by atoms with van der Waals surface area (Å²) in [5.41, 5.74) is -0.520. The van der Waals surface area contributed by atoms with Gasteiger partial charge in [0.2, 0.25) is 6.54 Å². The van der Waals surface area contributed by atoms with Crippen LogP contribution in [0.25, 0.3) is 0 Å². The normalized spacial score (nSPS) is 11.5. The summed E-state index contributed by atoms with van der Waals surface area (Å²) in [7, 11) is 0. The fraction of sp³-hybridized carbons (Fsp3) is 0.333. The Balaban J connectivity index is 2.87. The number of rotatable bonds is 3. The van der Waals surface area contributed by atoms with E-state index >= 15 is 0 Å². The molecule has 88 valence electrons. The lowest BCUT2D eigenvalue weighted by Gasteiger charge is -2.09. The Kier molecular flexibility index (Phi) is 3.74. The number of alkyl halides is 3. The molecule has 1 aromatic carbocycles. The number of halogens is 4. The van der Waals surface area contributed by atoms with E-state index in [1.165, 1.54) is 6.07 Å². The number of nitro groups is 1. The molecule has 1 rings (SSSR count). The van der Waals surface area contributed by atoms with Crippen LogP contribution in [-0.2, 0) is 12.6 Å². The second-order valence-electron chi connectivity index (χ2n) is 3.12. The molecule has 0 fully saturated rings. The quantitative estimate of drug-likeness (QED) is 0.613. The summed E-state index contributed by atoms with van der Waals surface area (Å²) in [6, 6.07) is 3.13.